The van der Waals surface area contributed by atoms with Crippen molar-refractivity contribution in [3.8, 4) is 0 Å². The minimum absolute atomic E-state index is 0.598. The topological polar surface area (TPSA) is 29.9 Å². The maximum Gasteiger partial charge on any atom is 0.203 e. The molecule has 2 unspecified atom stereocenters. The molecule has 0 radical (unpaired) electrons. The van der Waals surface area contributed by atoms with E-state index in [0.717, 1.165) is 24.1 Å². The second-order valence-electron chi connectivity index (χ2n) is 4.91. The van der Waals surface area contributed by atoms with Crippen LogP contribution in [0.3, 0.4) is 0 Å². The van der Waals surface area contributed by atoms with Crippen LogP contribution in [0.2, 0.25) is 0 Å². The molecular weight excluding hydrogens is 198 g/mol. The smallest absolute Gasteiger partial charge is 0.203 e. The van der Waals surface area contributed by atoms with Crippen molar-refractivity contribution < 1.29 is 0 Å². The Labute approximate surface area is 97.6 Å². The monoisotopic (exact) mass is 219 g/mol. The van der Waals surface area contributed by atoms with Crippen LogP contribution >= 0.6 is 0 Å². The molecule has 0 aliphatic heterocycles. The maximum absolute atomic E-state index is 4.52. The highest BCUT2D eigenvalue weighted by molar-refractivity contribution is 5.31. The summed E-state index contributed by atoms with van der Waals surface area (Å²) in [7, 11) is 0. The molecule has 0 spiro atoms. The standard InChI is InChI=1S/C13H21N3/c1-4-7-16-9-11(3)14-13(16)15-12-6-5-10(2)8-12/h4,9-10,12H,1,5-8H2,2-3H3,(H,14,15). The van der Waals surface area contributed by atoms with Crippen molar-refractivity contribution in [2.45, 2.75) is 45.7 Å². The molecule has 1 aromatic heterocycles. The van der Waals surface area contributed by atoms with Gasteiger partial charge in [0.25, 0.3) is 0 Å². The average Bonchev–Trinajstić information content (AvgIpc) is 2.76. The van der Waals surface area contributed by atoms with E-state index in [1.807, 2.05) is 13.0 Å². The molecule has 1 N–H and O–H groups in total. The Hall–Kier alpha value is -1.25. The SMILES string of the molecule is C=CCn1cc(C)nc1NC1CCC(C)C1. The van der Waals surface area contributed by atoms with Crippen LogP contribution < -0.4 is 5.32 Å². The van der Waals surface area contributed by atoms with Gasteiger partial charge in [0.1, 0.15) is 0 Å². The quantitative estimate of drug-likeness (QED) is 0.789. The van der Waals surface area contributed by atoms with Crippen molar-refractivity contribution in [3.05, 3.63) is 24.5 Å². The van der Waals surface area contributed by atoms with Crippen molar-refractivity contribution in [2.24, 2.45) is 5.92 Å². The highest BCUT2D eigenvalue weighted by Gasteiger charge is 2.22. The van der Waals surface area contributed by atoms with E-state index < -0.39 is 0 Å². The fourth-order valence-electron chi connectivity index (χ4n) is 2.46. The van der Waals surface area contributed by atoms with Crippen molar-refractivity contribution >= 4 is 5.95 Å². The molecule has 1 aliphatic rings. The Kier molecular flexibility index (Phi) is 3.32. The number of nitrogens with zero attached hydrogens (tertiary/aromatic N) is 2. The van der Waals surface area contributed by atoms with E-state index in [-0.39, 0.29) is 0 Å². The van der Waals surface area contributed by atoms with Gasteiger partial charge in [0, 0.05) is 18.8 Å². The van der Waals surface area contributed by atoms with Gasteiger partial charge in [0.15, 0.2) is 0 Å². The van der Waals surface area contributed by atoms with Gasteiger partial charge >= 0.3 is 0 Å². The summed E-state index contributed by atoms with van der Waals surface area (Å²) in [4.78, 5) is 4.52. The summed E-state index contributed by atoms with van der Waals surface area (Å²) in [6.07, 6.45) is 7.84. The lowest BCUT2D eigenvalue weighted by Crippen LogP contribution is -2.18. The van der Waals surface area contributed by atoms with E-state index in [2.05, 4.69) is 34.6 Å². The van der Waals surface area contributed by atoms with Gasteiger partial charge in [-0.25, -0.2) is 4.98 Å². The predicted octanol–water partition coefficient (Wildman–Crippen LogP) is 2.98. The van der Waals surface area contributed by atoms with Crippen LogP contribution in [0.1, 0.15) is 31.9 Å². The van der Waals surface area contributed by atoms with Gasteiger partial charge in [0.05, 0.1) is 5.69 Å². The molecule has 1 aromatic rings. The number of imidazole rings is 1. The summed E-state index contributed by atoms with van der Waals surface area (Å²) < 4.78 is 2.13. The normalized spacial score (nSPS) is 24.6. The molecule has 3 heteroatoms. The van der Waals surface area contributed by atoms with Crippen LogP contribution in [-0.4, -0.2) is 15.6 Å². The van der Waals surface area contributed by atoms with E-state index >= 15 is 0 Å². The minimum atomic E-state index is 0.598. The molecule has 16 heavy (non-hydrogen) atoms. The van der Waals surface area contributed by atoms with Gasteiger partial charge in [-0.15, -0.1) is 6.58 Å². The molecule has 1 saturated carbocycles. The number of nitrogens with one attached hydrogen (secondary N) is 1. The molecule has 0 saturated heterocycles. The molecule has 0 bridgehead atoms. The molecule has 1 fully saturated rings. The van der Waals surface area contributed by atoms with Gasteiger partial charge in [-0.1, -0.05) is 13.0 Å². The van der Waals surface area contributed by atoms with Gasteiger partial charge in [-0.05, 0) is 32.1 Å². The zero-order chi connectivity index (χ0) is 11.5. The third-order valence-electron chi connectivity index (χ3n) is 3.25. The second-order valence-corrected chi connectivity index (χ2v) is 4.91. The molecular formula is C13H21N3. The molecule has 2 atom stereocenters. The zero-order valence-corrected chi connectivity index (χ0v) is 10.2. The van der Waals surface area contributed by atoms with E-state index in [1.165, 1.54) is 19.3 Å². The van der Waals surface area contributed by atoms with Gasteiger partial charge in [-0.3, -0.25) is 0 Å². The Balaban J connectivity index is 2.05. The van der Waals surface area contributed by atoms with Gasteiger partial charge < -0.3 is 9.88 Å². The summed E-state index contributed by atoms with van der Waals surface area (Å²) in [5.74, 6) is 1.85. The largest absolute Gasteiger partial charge is 0.353 e. The van der Waals surface area contributed by atoms with E-state index in [9.17, 15) is 0 Å². The number of anilines is 1. The first-order chi connectivity index (χ1) is 7.69. The van der Waals surface area contributed by atoms with Crippen LogP contribution in [0, 0.1) is 12.8 Å². The lowest BCUT2D eigenvalue weighted by molar-refractivity contribution is 0.600. The van der Waals surface area contributed by atoms with Crippen LogP contribution in [0.15, 0.2) is 18.9 Å². The Morgan fingerprint density at radius 1 is 1.62 bits per heavy atom. The summed E-state index contributed by atoms with van der Waals surface area (Å²) in [6.45, 7) is 8.95. The van der Waals surface area contributed by atoms with E-state index in [0.29, 0.717) is 6.04 Å². The maximum atomic E-state index is 4.52. The zero-order valence-electron chi connectivity index (χ0n) is 10.2. The third kappa shape index (κ3) is 2.46. The summed E-state index contributed by atoms with van der Waals surface area (Å²) >= 11 is 0. The first-order valence-electron chi connectivity index (χ1n) is 6.10. The first-order valence-corrected chi connectivity index (χ1v) is 6.10. The van der Waals surface area contributed by atoms with Crippen molar-refractivity contribution in [1.29, 1.82) is 0 Å². The number of hydrogen-bond donors (Lipinski definition) is 1. The second kappa shape index (κ2) is 4.73. The number of allylic oxidation sites excluding steroid dienone is 1. The Morgan fingerprint density at radius 2 is 2.44 bits per heavy atom. The fraction of sp³-hybridized carbons (Fsp3) is 0.615. The van der Waals surface area contributed by atoms with Crippen LogP contribution in [0.25, 0.3) is 0 Å². The van der Waals surface area contributed by atoms with Crippen molar-refractivity contribution in [2.75, 3.05) is 5.32 Å². The lowest BCUT2D eigenvalue weighted by Gasteiger charge is -2.14. The highest BCUT2D eigenvalue weighted by atomic mass is 15.2. The van der Waals surface area contributed by atoms with Gasteiger partial charge in [0.2, 0.25) is 5.95 Å². The number of aromatic nitrogens is 2. The summed E-state index contributed by atoms with van der Waals surface area (Å²) in [6, 6.07) is 0.598. The number of aryl methyl sites for hydroxylation is 1. The third-order valence-corrected chi connectivity index (χ3v) is 3.25. The van der Waals surface area contributed by atoms with E-state index in [1.54, 1.807) is 0 Å². The Bertz CT molecular complexity index is 367. The molecule has 1 aliphatic carbocycles. The van der Waals surface area contributed by atoms with Crippen LogP contribution in [0.4, 0.5) is 5.95 Å². The number of rotatable bonds is 4. The Morgan fingerprint density at radius 3 is 3.06 bits per heavy atom. The molecule has 3 nitrogen and oxygen atoms in total. The fourth-order valence-corrected chi connectivity index (χ4v) is 2.46. The first kappa shape index (κ1) is 11.2. The van der Waals surface area contributed by atoms with Crippen molar-refractivity contribution in [1.82, 2.24) is 9.55 Å². The molecule has 0 amide bonds. The highest BCUT2D eigenvalue weighted by Crippen LogP contribution is 2.27. The predicted molar refractivity (Wildman–Crippen MR) is 67.6 cm³/mol. The molecule has 0 aromatic carbocycles. The van der Waals surface area contributed by atoms with Gasteiger partial charge in [-0.2, -0.15) is 0 Å². The average molecular weight is 219 g/mol. The van der Waals surface area contributed by atoms with Crippen LogP contribution in [0.5, 0.6) is 0 Å². The number of hydrogen-bond acceptors (Lipinski definition) is 2. The summed E-state index contributed by atoms with van der Waals surface area (Å²) in [5.41, 5.74) is 1.07. The molecule has 88 valence electrons. The molecule has 2 rings (SSSR count). The minimum Gasteiger partial charge on any atom is -0.353 e. The van der Waals surface area contributed by atoms with Crippen molar-refractivity contribution in [3.63, 3.8) is 0 Å². The van der Waals surface area contributed by atoms with Crippen LogP contribution in [-0.2, 0) is 6.54 Å². The summed E-state index contributed by atoms with van der Waals surface area (Å²) in [5, 5.41) is 3.55. The van der Waals surface area contributed by atoms with E-state index in [4.69, 9.17) is 0 Å². The lowest BCUT2D eigenvalue weighted by atomic mass is 10.1. The molecule has 1 heterocycles.